The van der Waals surface area contributed by atoms with Crippen LogP contribution in [-0.4, -0.2) is 30.6 Å². The van der Waals surface area contributed by atoms with Gasteiger partial charge in [-0.25, -0.2) is 0 Å². The average molecular weight is 341 g/mol. The van der Waals surface area contributed by atoms with Crippen LogP contribution in [0.1, 0.15) is 26.2 Å². The van der Waals surface area contributed by atoms with Crippen LogP contribution < -0.4 is 20.9 Å². The standard InChI is InChI=1S/C20H27N3O2/c1-15(14-23-11-3-2-4-12-23)24-16-5-7-17(8-6-16)25-18-9-10-19(21)20(22)13-18/h5-10,13,15H,2-4,11-12,14,21-22H2,1H3. The summed E-state index contributed by atoms with van der Waals surface area (Å²) in [5, 5.41) is 0. The van der Waals surface area contributed by atoms with Gasteiger partial charge >= 0.3 is 0 Å². The Hall–Kier alpha value is -2.40. The summed E-state index contributed by atoms with van der Waals surface area (Å²) < 4.78 is 11.8. The van der Waals surface area contributed by atoms with E-state index in [1.807, 2.05) is 24.3 Å². The van der Waals surface area contributed by atoms with Gasteiger partial charge in [0.15, 0.2) is 0 Å². The molecule has 5 heteroatoms. The lowest BCUT2D eigenvalue weighted by molar-refractivity contribution is 0.130. The van der Waals surface area contributed by atoms with Crippen molar-refractivity contribution in [3.63, 3.8) is 0 Å². The van der Waals surface area contributed by atoms with E-state index in [2.05, 4.69) is 11.8 Å². The van der Waals surface area contributed by atoms with E-state index < -0.39 is 0 Å². The normalized spacial score (nSPS) is 16.4. The minimum Gasteiger partial charge on any atom is -0.489 e. The molecular formula is C20H27N3O2. The fourth-order valence-electron chi connectivity index (χ4n) is 3.11. The van der Waals surface area contributed by atoms with E-state index in [1.54, 1.807) is 18.2 Å². The van der Waals surface area contributed by atoms with Crippen LogP contribution in [0.4, 0.5) is 11.4 Å². The number of benzene rings is 2. The van der Waals surface area contributed by atoms with Crippen LogP contribution in [0.3, 0.4) is 0 Å². The third kappa shape index (κ3) is 5.03. The summed E-state index contributed by atoms with van der Waals surface area (Å²) in [7, 11) is 0. The van der Waals surface area contributed by atoms with Crippen LogP contribution in [0, 0.1) is 0 Å². The third-order valence-electron chi connectivity index (χ3n) is 4.42. The summed E-state index contributed by atoms with van der Waals surface area (Å²) in [4.78, 5) is 2.48. The highest BCUT2D eigenvalue weighted by molar-refractivity contribution is 5.65. The molecule has 0 aromatic heterocycles. The smallest absolute Gasteiger partial charge is 0.129 e. The van der Waals surface area contributed by atoms with E-state index in [4.69, 9.17) is 20.9 Å². The molecule has 5 nitrogen and oxygen atoms in total. The molecule has 1 saturated heterocycles. The summed E-state index contributed by atoms with van der Waals surface area (Å²) in [6, 6.07) is 12.9. The van der Waals surface area contributed by atoms with Gasteiger partial charge in [0.05, 0.1) is 11.4 Å². The number of nitrogens with two attached hydrogens (primary N) is 2. The van der Waals surface area contributed by atoms with Gasteiger partial charge in [-0.2, -0.15) is 0 Å². The number of piperidine rings is 1. The molecule has 1 unspecified atom stereocenters. The lowest BCUT2D eigenvalue weighted by atomic mass is 10.1. The molecule has 1 aliphatic heterocycles. The zero-order chi connectivity index (χ0) is 17.6. The number of hydrogen-bond donors (Lipinski definition) is 2. The molecule has 0 saturated carbocycles. The molecule has 0 bridgehead atoms. The first-order valence-electron chi connectivity index (χ1n) is 8.92. The second kappa shape index (κ2) is 8.12. The van der Waals surface area contributed by atoms with Gasteiger partial charge in [0.25, 0.3) is 0 Å². The largest absolute Gasteiger partial charge is 0.489 e. The van der Waals surface area contributed by atoms with Gasteiger partial charge < -0.3 is 20.9 Å². The maximum atomic E-state index is 6.02. The Labute approximate surface area is 149 Å². The topological polar surface area (TPSA) is 73.7 Å². The Balaban J connectivity index is 1.53. The van der Waals surface area contributed by atoms with Gasteiger partial charge in [-0.1, -0.05) is 6.42 Å². The summed E-state index contributed by atoms with van der Waals surface area (Å²) in [5.41, 5.74) is 12.6. The summed E-state index contributed by atoms with van der Waals surface area (Å²) in [5.74, 6) is 2.26. The molecule has 0 aliphatic carbocycles. The van der Waals surface area contributed by atoms with Crippen molar-refractivity contribution in [2.24, 2.45) is 0 Å². The molecule has 1 aliphatic rings. The van der Waals surface area contributed by atoms with Crippen molar-refractivity contribution in [2.45, 2.75) is 32.3 Å². The van der Waals surface area contributed by atoms with Gasteiger partial charge in [0.1, 0.15) is 23.4 Å². The van der Waals surface area contributed by atoms with E-state index in [0.717, 1.165) is 18.0 Å². The molecule has 1 heterocycles. The number of hydrogen-bond acceptors (Lipinski definition) is 5. The Bertz CT molecular complexity index is 682. The van der Waals surface area contributed by atoms with Gasteiger partial charge in [-0.05, 0) is 69.3 Å². The second-order valence-electron chi connectivity index (χ2n) is 6.65. The number of anilines is 2. The Morgan fingerprint density at radius 2 is 1.52 bits per heavy atom. The number of likely N-dealkylation sites (tertiary alicyclic amines) is 1. The first kappa shape index (κ1) is 17.4. The van der Waals surface area contributed by atoms with Crippen molar-refractivity contribution < 1.29 is 9.47 Å². The highest BCUT2D eigenvalue weighted by atomic mass is 16.5. The molecule has 1 fully saturated rings. The van der Waals surface area contributed by atoms with Gasteiger partial charge in [0, 0.05) is 12.6 Å². The second-order valence-corrected chi connectivity index (χ2v) is 6.65. The first-order valence-corrected chi connectivity index (χ1v) is 8.92. The summed E-state index contributed by atoms with van der Waals surface area (Å²) >= 11 is 0. The Morgan fingerprint density at radius 3 is 2.20 bits per heavy atom. The van der Waals surface area contributed by atoms with E-state index in [9.17, 15) is 0 Å². The predicted octanol–water partition coefficient (Wildman–Crippen LogP) is 3.90. The van der Waals surface area contributed by atoms with E-state index in [0.29, 0.717) is 17.1 Å². The van der Waals surface area contributed by atoms with Crippen molar-refractivity contribution >= 4 is 11.4 Å². The molecule has 1 atom stereocenters. The van der Waals surface area contributed by atoms with E-state index in [-0.39, 0.29) is 6.10 Å². The number of rotatable bonds is 6. The van der Waals surface area contributed by atoms with Gasteiger partial charge in [-0.15, -0.1) is 0 Å². The van der Waals surface area contributed by atoms with Crippen LogP contribution in [0.25, 0.3) is 0 Å². The molecule has 2 aromatic carbocycles. The molecule has 0 radical (unpaired) electrons. The van der Waals surface area contributed by atoms with Gasteiger partial charge in [-0.3, -0.25) is 4.90 Å². The molecule has 134 valence electrons. The van der Waals surface area contributed by atoms with E-state index >= 15 is 0 Å². The van der Waals surface area contributed by atoms with Crippen molar-refractivity contribution in [1.29, 1.82) is 0 Å². The summed E-state index contributed by atoms with van der Waals surface area (Å²) in [6.07, 6.45) is 4.12. The lowest BCUT2D eigenvalue weighted by Crippen LogP contribution is -2.37. The molecule has 0 spiro atoms. The quantitative estimate of drug-likeness (QED) is 0.780. The molecular weight excluding hydrogens is 314 g/mol. The maximum absolute atomic E-state index is 6.02. The molecule has 0 amide bonds. The van der Waals surface area contributed by atoms with Crippen molar-refractivity contribution in [1.82, 2.24) is 4.90 Å². The van der Waals surface area contributed by atoms with Crippen molar-refractivity contribution in [3.8, 4) is 17.2 Å². The van der Waals surface area contributed by atoms with Gasteiger partial charge in [0.2, 0.25) is 0 Å². The van der Waals surface area contributed by atoms with Crippen LogP contribution in [0.15, 0.2) is 42.5 Å². The zero-order valence-corrected chi connectivity index (χ0v) is 14.8. The molecule has 25 heavy (non-hydrogen) atoms. The highest BCUT2D eigenvalue weighted by Crippen LogP contribution is 2.28. The van der Waals surface area contributed by atoms with Crippen molar-refractivity contribution in [2.75, 3.05) is 31.1 Å². The predicted molar refractivity (Wildman–Crippen MR) is 102 cm³/mol. The third-order valence-corrected chi connectivity index (χ3v) is 4.42. The molecule has 2 aromatic rings. The number of nitrogen functional groups attached to an aromatic ring is 2. The minimum atomic E-state index is 0.168. The van der Waals surface area contributed by atoms with Crippen LogP contribution >= 0.6 is 0 Å². The number of nitrogens with zero attached hydrogens (tertiary/aromatic N) is 1. The van der Waals surface area contributed by atoms with Crippen LogP contribution in [0.2, 0.25) is 0 Å². The SMILES string of the molecule is CC(CN1CCCCC1)Oc1ccc(Oc2ccc(N)c(N)c2)cc1. The fraction of sp³-hybridized carbons (Fsp3) is 0.400. The number of ether oxygens (including phenoxy) is 2. The minimum absolute atomic E-state index is 0.168. The average Bonchev–Trinajstić information content (AvgIpc) is 2.61. The fourth-order valence-corrected chi connectivity index (χ4v) is 3.11. The Morgan fingerprint density at radius 1 is 0.880 bits per heavy atom. The Kier molecular flexibility index (Phi) is 5.66. The monoisotopic (exact) mass is 341 g/mol. The first-order chi connectivity index (χ1) is 12.1. The molecule has 3 rings (SSSR count). The summed E-state index contributed by atoms with van der Waals surface area (Å²) in [6.45, 7) is 5.47. The van der Waals surface area contributed by atoms with Crippen LogP contribution in [-0.2, 0) is 0 Å². The van der Waals surface area contributed by atoms with Crippen LogP contribution in [0.5, 0.6) is 17.2 Å². The van der Waals surface area contributed by atoms with E-state index in [1.165, 1.54) is 32.4 Å². The maximum Gasteiger partial charge on any atom is 0.129 e. The zero-order valence-electron chi connectivity index (χ0n) is 14.8. The highest BCUT2D eigenvalue weighted by Gasteiger charge is 2.14. The lowest BCUT2D eigenvalue weighted by Gasteiger charge is -2.29. The van der Waals surface area contributed by atoms with Crippen molar-refractivity contribution in [3.05, 3.63) is 42.5 Å². The molecule has 4 N–H and O–H groups in total.